The van der Waals surface area contributed by atoms with Gasteiger partial charge in [-0.25, -0.2) is 0 Å². The van der Waals surface area contributed by atoms with Crippen LogP contribution < -0.4 is 43.4 Å². The number of carbonyl (C=O) groups is 10. The lowest BCUT2D eigenvalue weighted by Crippen LogP contribution is -2.49. The standard InChI is InChI=1S/C32H46N8O14S4/c33-19(31(51)52)4-6-23(41)39-21(29(49)37-13-25(43)44)15-57-55-10-8-35-27(47)17-2-1-3-18(12-17)28(48)36-9-11-56-58-16-22(30(50)38-14-26(45)46)40-24(42)7-5-20(34)32(53)54/h1-3,12,19-22H,4-11,13-16,33-34H2,(H,35,47)(H,36,48)(H,37,49)(H,38,50)(H,39,41)(H,40,42)(H,43,44)(H,45,46)(H,51,52)(H,53,54). The molecule has 0 aliphatic rings. The molecule has 322 valence electrons. The second kappa shape index (κ2) is 28.6. The second-order valence-corrected chi connectivity index (χ2v) is 17.0. The van der Waals surface area contributed by atoms with Crippen LogP contribution in [0.2, 0.25) is 0 Å². The number of carboxylic acids is 4. The van der Waals surface area contributed by atoms with Gasteiger partial charge in [-0.1, -0.05) is 49.2 Å². The first-order valence-corrected chi connectivity index (χ1v) is 22.1. The topological polar surface area (TPSA) is 376 Å². The molecule has 0 spiro atoms. The maximum Gasteiger partial charge on any atom is 0.322 e. The van der Waals surface area contributed by atoms with E-state index in [1.807, 2.05) is 0 Å². The third-order valence-corrected chi connectivity index (χ3v) is 11.9. The van der Waals surface area contributed by atoms with Gasteiger partial charge in [0.15, 0.2) is 0 Å². The first-order valence-electron chi connectivity index (χ1n) is 17.1. The summed E-state index contributed by atoms with van der Waals surface area (Å²) in [7, 11) is 4.83. The number of rotatable bonds is 30. The van der Waals surface area contributed by atoms with Crippen molar-refractivity contribution in [3.8, 4) is 0 Å². The number of carbonyl (C=O) groups excluding carboxylic acids is 6. The van der Waals surface area contributed by atoms with Gasteiger partial charge in [-0.2, -0.15) is 0 Å². The van der Waals surface area contributed by atoms with Gasteiger partial charge in [0.05, 0.1) is 0 Å². The smallest absolute Gasteiger partial charge is 0.322 e. The van der Waals surface area contributed by atoms with Crippen LogP contribution in [0, 0.1) is 0 Å². The summed E-state index contributed by atoms with van der Waals surface area (Å²) >= 11 is 0. The van der Waals surface area contributed by atoms with Gasteiger partial charge >= 0.3 is 23.9 Å². The molecule has 22 nitrogen and oxygen atoms in total. The van der Waals surface area contributed by atoms with Crippen molar-refractivity contribution < 1.29 is 68.4 Å². The number of nitrogens with one attached hydrogen (secondary N) is 6. The lowest BCUT2D eigenvalue weighted by molar-refractivity contribution is -0.140. The second-order valence-electron chi connectivity index (χ2n) is 11.7. The molecule has 0 aliphatic heterocycles. The highest BCUT2D eigenvalue weighted by molar-refractivity contribution is 8.77. The van der Waals surface area contributed by atoms with Crippen molar-refractivity contribution in [2.45, 2.75) is 49.9 Å². The summed E-state index contributed by atoms with van der Waals surface area (Å²) in [5.74, 6) is -8.14. The van der Waals surface area contributed by atoms with Crippen LogP contribution in [0.5, 0.6) is 0 Å². The molecule has 26 heteroatoms. The molecule has 1 aromatic carbocycles. The zero-order chi connectivity index (χ0) is 43.6. The summed E-state index contributed by atoms with van der Waals surface area (Å²) in [5.41, 5.74) is 11.2. The third-order valence-electron chi connectivity index (χ3n) is 7.10. The van der Waals surface area contributed by atoms with Gasteiger partial charge in [0.2, 0.25) is 23.6 Å². The van der Waals surface area contributed by atoms with E-state index < -0.39 is 96.6 Å². The molecule has 1 aromatic rings. The SMILES string of the molecule is NC(CCC(=O)NC(CSSCCNC(=O)c1cccc(C(=O)NCCSSCC(NC(=O)CCC(N)C(=O)O)C(=O)NCC(=O)O)c1)C(=O)NCC(=O)O)C(=O)O. The van der Waals surface area contributed by atoms with Gasteiger partial charge in [0.1, 0.15) is 37.3 Å². The molecular weight excluding hydrogens is 849 g/mol. The molecule has 6 amide bonds. The molecule has 14 N–H and O–H groups in total. The minimum Gasteiger partial charge on any atom is -0.480 e. The molecule has 58 heavy (non-hydrogen) atoms. The van der Waals surface area contributed by atoms with Gasteiger partial charge in [0.25, 0.3) is 11.8 Å². The minimum atomic E-state index is -1.29. The Morgan fingerprint density at radius 3 is 1.29 bits per heavy atom. The van der Waals surface area contributed by atoms with Crippen molar-refractivity contribution in [2.75, 3.05) is 49.2 Å². The number of amides is 6. The molecule has 0 saturated carbocycles. The normalized spacial score (nSPS) is 12.7. The average molecular weight is 895 g/mol. The average Bonchev–Trinajstić information content (AvgIpc) is 3.18. The van der Waals surface area contributed by atoms with Gasteiger partial charge < -0.3 is 63.8 Å². The van der Waals surface area contributed by atoms with Crippen molar-refractivity contribution in [2.24, 2.45) is 11.5 Å². The van der Waals surface area contributed by atoms with Crippen molar-refractivity contribution in [3.63, 3.8) is 0 Å². The van der Waals surface area contributed by atoms with E-state index in [1.165, 1.54) is 67.4 Å². The van der Waals surface area contributed by atoms with Gasteiger partial charge in [-0.15, -0.1) is 0 Å². The maximum absolute atomic E-state index is 12.7. The summed E-state index contributed by atoms with van der Waals surface area (Å²) in [4.78, 5) is 118. The zero-order valence-corrected chi connectivity index (χ0v) is 34.0. The van der Waals surface area contributed by atoms with E-state index in [4.69, 9.17) is 31.9 Å². The molecule has 0 aromatic heterocycles. The van der Waals surface area contributed by atoms with Crippen LogP contribution in [-0.2, 0) is 38.4 Å². The number of aliphatic carboxylic acids is 4. The fourth-order valence-electron chi connectivity index (χ4n) is 4.06. The lowest BCUT2D eigenvalue weighted by atomic mass is 10.1. The molecule has 1 rings (SSSR count). The van der Waals surface area contributed by atoms with E-state index in [-0.39, 0.29) is 61.4 Å². The third kappa shape index (κ3) is 22.8. The van der Waals surface area contributed by atoms with E-state index in [1.54, 1.807) is 0 Å². The van der Waals surface area contributed by atoms with E-state index in [9.17, 15) is 47.9 Å². The Hall–Kier alpha value is -4.76. The molecule has 0 heterocycles. The molecule has 4 unspecified atom stereocenters. The first kappa shape index (κ1) is 51.3. The van der Waals surface area contributed by atoms with Gasteiger partial charge in [-0.05, 0) is 31.0 Å². The van der Waals surface area contributed by atoms with E-state index in [0.717, 1.165) is 0 Å². The fraction of sp³-hybridized carbons (Fsp3) is 0.500. The van der Waals surface area contributed by atoms with Crippen LogP contribution in [0.4, 0.5) is 0 Å². The summed E-state index contributed by atoms with van der Waals surface area (Å²) in [6, 6.07) is 1.13. The number of hydrogen-bond acceptors (Lipinski definition) is 16. The quantitative estimate of drug-likeness (QED) is 0.0284. The summed E-state index contributed by atoms with van der Waals surface area (Å²) in [6.07, 6.45) is -0.893. The largest absolute Gasteiger partial charge is 0.480 e. The highest BCUT2D eigenvalue weighted by Gasteiger charge is 2.24. The molecule has 0 bridgehead atoms. The first-order chi connectivity index (χ1) is 27.4. The number of benzene rings is 1. The van der Waals surface area contributed by atoms with Crippen molar-refractivity contribution >= 4 is 102 Å². The Kier molecular flexibility index (Phi) is 25.3. The Morgan fingerprint density at radius 1 is 0.569 bits per heavy atom. The molecule has 0 aliphatic carbocycles. The van der Waals surface area contributed by atoms with E-state index in [0.29, 0.717) is 11.5 Å². The molecular formula is C32H46N8O14S4. The fourth-order valence-corrected chi connectivity index (χ4v) is 8.20. The van der Waals surface area contributed by atoms with Gasteiger partial charge in [-0.3, -0.25) is 47.9 Å². The number of hydrogen-bond donors (Lipinski definition) is 12. The Balaban J connectivity index is 2.54. The Bertz CT molecular complexity index is 1510. The number of nitrogens with two attached hydrogens (primary N) is 2. The highest BCUT2D eigenvalue weighted by Crippen LogP contribution is 2.22. The van der Waals surface area contributed by atoms with Crippen LogP contribution in [0.15, 0.2) is 24.3 Å². The maximum atomic E-state index is 12.7. The van der Waals surface area contributed by atoms with Crippen LogP contribution >= 0.6 is 43.2 Å². The molecule has 0 fully saturated rings. The van der Waals surface area contributed by atoms with Crippen molar-refractivity contribution in [1.82, 2.24) is 31.9 Å². The highest BCUT2D eigenvalue weighted by atomic mass is 33.1. The van der Waals surface area contributed by atoms with E-state index >= 15 is 0 Å². The van der Waals surface area contributed by atoms with Crippen LogP contribution in [-0.4, -0.2) is 153 Å². The predicted molar refractivity (Wildman–Crippen MR) is 216 cm³/mol. The minimum absolute atomic E-state index is 0.0210. The Morgan fingerprint density at radius 2 is 0.948 bits per heavy atom. The summed E-state index contributed by atoms with van der Waals surface area (Å²) in [5, 5.41) is 50.1. The lowest BCUT2D eigenvalue weighted by Gasteiger charge is -2.18. The van der Waals surface area contributed by atoms with Crippen molar-refractivity contribution in [3.05, 3.63) is 35.4 Å². The van der Waals surface area contributed by atoms with E-state index in [2.05, 4.69) is 31.9 Å². The molecule has 4 atom stereocenters. The molecule has 0 radical (unpaired) electrons. The predicted octanol–water partition coefficient (Wildman–Crippen LogP) is -2.34. The summed E-state index contributed by atoms with van der Waals surface area (Å²) in [6.45, 7) is -0.988. The van der Waals surface area contributed by atoms with Crippen LogP contribution in [0.3, 0.4) is 0 Å². The van der Waals surface area contributed by atoms with Crippen LogP contribution in [0.1, 0.15) is 46.4 Å². The van der Waals surface area contributed by atoms with Gasteiger partial charge in [0, 0.05) is 60.1 Å². The molecule has 0 saturated heterocycles. The summed E-state index contributed by atoms with van der Waals surface area (Å²) < 4.78 is 0. The van der Waals surface area contributed by atoms with Crippen LogP contribution in [0.25, 0.3) is 0 Å². The number of carboxylic acid groups (broad SMARTS) is 4. The monoisotopic (exact) mass is 894 g/mol. The van der Waals surface area contributed by atoms with Crippen molar-refractivity contribution in [1.29, 1.82) is 0 Å². The Labute approximate surface area is 347 Å². The zero-order valence-electron chi connectivity index (χ0n) is 30.8.